The molecule has 0 aliphatic heterocycles. The Kier molecular flexibility index (Phi) is 83.5. The van der Waals surface area contributed by atoms with Gasteiger partial charge in [-0.2, -0.15) is 0 Å². The van der Waals surface area contributed by atoms with E-state index in [0.29, 0.717) is 148 Å². The smallest absolute Gasteiger partial charge is 0.407 e. The lowest BCUT2D eigenvalue weighted by molar-refractivity contribution is -0.146. The van der Waals surface area contributed by atoms with Crippen molar-refractivity contribution in [2.45, 2.75) is 432 Å². The van der Waals surface area contributed by atoms with E-state index in [4.69, 9.17) is 56.8 Å². The fraction of sp³-hybridized carbons (Fsp3) is 0.853. The van der Waals surface area contributed by atoms with Gasteiger partial charge in [0.15, 0.2) is 0 Å². The van der Waals surface area contributed by atoms with Crippen molar-refractivity contribution in [2.75, 3.05) is 85.8 Å². The highest BCUT2D eigenvalue weighted by molar-refractivity contribution is 5.87. The van der Waals surface area contributed by atoms with E-state index in [1.54, 1.807) is 6.92 Å². The minimum atomic E-state index is -0.555. The number of ether oxygens (including phenoxy) is 12. The summed E-state index contributed by atoms with van der Waals surface area (Å²) in [5.41, 5.74) is 0.297. The van der Waals surface area contributed by atoms with Gasteiger partial charge < -0.3 is 62.2 Å². The first-order valence-electron chi connectivity index (χ1n) is 47.7. The van der Waals surface area contributed by atoms with Gasteiger partial charge in [0.2, 0.25) is 0 Å². The van der Waals surface area contributed by atoms with Crippen LogP contribution >= 0.6 is 0 Å². The monoisotopic (exact) mass is 1710 g/mol. The van der Waals surface area contributed by atoms with Gasteiger partial charge in [0, 0.05) is 69.8 Å². The predicted octanol–water partition coefficient (Wildman–Crippen LogP) is 21.9. The molecule has 0 spiro atoms. The SMILES string of the molecule is C=C(C)C(=O)OCCNC(=O)OCCCCCCCC(=O)OCCCCCCCC(=O)OCCCCCCCC(=O)OCCCCCCCC(=O)OCCCCCCCC(=O)OCCCCCCCC(=O)OCCCCCCCC(=O)OCCCCCCCC(=O)OCCCCCCCC(=O)OCCCCCCCC(=O)OCC(CC)CCCC. The van der Waals surface area contributed by atoms with Gasteiger partial charge in [-0.1, -0.05) is 232 Å². The van der Waals surface area contributed by atoms with Crippen molar-refractivity contribution in [3.8, 4) is 0 Å². The van der Waals surface area contributed by atoms with Crippen LogP contribution in [0, 0.1) is 5.92 Å². The van der Waals surface area contributed by atoms with Crippen molar-refractivity contribution in [2.24, 2.45) is 5.92 Å². The zero-order valence-electron chi connectivity index (χ0n) is 75.5. The average molecular weight is 1710 g/mol. The molecule has 1 N–H and O–H groups in total. The molecule has 0 aromatic heterocycles. The largest absolute Gasteiger partial charge is 0.466 e. The number of carbonyl (C=O) groups is 12. The van der Waals surface area contributed by atoms with Crippen LogP contribution in [0.2, 0.25) is 0 Å². The summed E-state index contributed by atoms with van der Waals surface area (Å²) in [6.07, 6.45) is 52.2. The number of hydrogen-bond donors (Lipinski definition) is 1. The van der Waals surface area contributed by atoms with E-state index < -0.39 is 12.1 Å². The van der Waals surface area contributed by atoms with Crippen LogP contribution in [0.5, 0.6) is 0 Å². The molecule has 0 aromatic rings. The van der Waals surface area contributed by atoms with E-state index in [0.717, 1.165) is 334 Å². The summed E-state index contributed by atoms with van der Waals surface area (Å²) >= 11 is 0. The highest BCUT2D eigenvalue weighted by atomic mass is 16.6. The van der Waals surface area contributed by atoms with Gasteiger partial charge in [-0.05, 0) is 148 Å². The summed E-state index contributed by atoms with van der Waals surface area (Å²) in [7, 11) is 0. The van der Waals surface area contributed by atoms with E-state index in [9.17, 15) is 57.5 Å². The number of alkyl carbamates (subject to hydrolysis) is 1. The first-order valence-corrected chi connectivity index (χ1v) is 47.7. The van der Waals surface area contributed by atoms with Gasteiger partial charge in [0.25, 0.3) is 0 Å². The molecule has 696 valence electrons. The van der Waals surface area contributed by atoms with Crippen LogP contribution in [0.3, 0.4) is 0 Å². The van der Waals surface area contributed by atoms with Crippen molar-refractivity contribution in [1.82, 2.24) is 5.32 Å². The van der Waals surface area contributed by atoms with E-state index in [-0.39, 0.29) is 72.8 Å². The fourth-order valence-electron chi connectivity index (χ4n) is 13.2. The molecule has 1 amide bonds. The minimum Gasteiger partial charge on any atom is -0.466 e. The van der Waals surface area contributed by atoms with E-state index in [2.05, 4.69) is 25.7 Å². The molecule has 0 saturated carbocycles. The van der Waals surface area contributed by atoms with Crippen molar-refractivity contribution < 1.29 is 114 Å². The number of amides is 1. The fourth-order valence-corrected chi connectivity index (χ4v) is 13.2. The molecule has 120 heavy (non-hydrogen) atoms. The van der Waals surface area contributed by atoms with Crippen LogP contribution in [0.25, 0.3) is 0 Å². The molecule has 1 atom stereocenters. The van der Waals surface area contributed by atoms with E-state index in [1.165, 1.54) is 12.8 Å². The maximum absolute atomic E-state index is 12.2. The van der Waals surface area contributed by atoms with Crippen molar-refractivity contribution >= 4 is 71.8 Å². The van der Waals surface area contributed by atoms with Crippen LogP contribution in [-0.2, 0) is 110 Å². The number of unbranched alkanes of at least 4 members (excludes halogenated alkanes) is 41. The highest BCUT2D eigenvalue weighted by Gasteiger charge is 2.15. The van der Waals surface area contributed by atoms with Gasteiger partial charge in [0.1, 0.15) is 6.61 Å². The Hall–Kier alpha value is -6.82. The lowest BCUT2D eigenvalue weighted by Gasteiger charge is -2.14. The second-order valence-corrected chi connectivity index (χ2v) is 32.2. The van der Waals surface area contributed by atoms with Crippen LogP contribution in [0.4, 0.5) is 4.79 Å². The topological polar surface area (TPSA) is 328 Å². The Labute approximate surface area is 723 Å². The summed E-state index contributed by atoms with van der Waals surface area (Å²) in [6.45, 7) is 14.2. The quantitative estimate of drug-likeness (QED) is 0.0256. The second kappa shape index (κ2) is 88.5. The molecule has 0 radical (unpaired) electrons. The van der Waals surface area contributed by atoms with Crippen molar-refractivity contribution in [3.63, 3.8) is 0 Å². The molecule has 0 aliphatic rings. The summed E-state index contributed by atoms with van der Waals surface area (Å²) in [5, 5.41) is 2.52. The lowest BCUT2D eigenvalue weighted by Crippen LogP contribution is -2.29. The van der Waals surface area contributed by atoms with E-state index in [1.807, 2.05) is 0 Å². The van der Waals surface area contributed by atoms with Crippen LogP contribution in [0.1, 0.15) is 432 Å². The van der Waals surface area contributed by atoms with Gasteiger partial charge in [0.05, 0.1) is 79.2 Å². The Balaban J connectivity index is 3.45. The molecule has 1 unspecified atom stereocenters. The summed E-state index contributed by atoms with van der Waals surface area (Å²) in [6, 6.07) is 0. The normalized spacial score (nSPS) is 11.3. The molecule has 0 fully saturated rings. The maximum atomic E-state index is 12.2. The molecule has 0 heterocycles. The zero-order valence-corrected chi connectivity index (χ0v) is 75.5. The second-order valence-electron chi connectivity index (χ2n) is 32.2. The Morgan fingerprint density at radius 2 is 0.408 bits per heavy atom. The van der Waals surface area contributed by atoms with Gasteiger partial charge in [-0.25, -0.2) is 9.59 Å². The summed E-state index contributed by atoms with van der Waals surface area (Å²) in [5.74, 6) is -1.62. The van der Waals surface area contributed by atoms with Gasteiger partial charge in [-0.3, -0.25) is 47.9 Å². The number of hydrogen-bond acceptors (Lipinski definition) is 24. The first-order chi connectivity index (χ1) is 58.4. The number of rotatable bonds is 90. The zero-order chi connectivity index (χ0) is 87.7. The Morgan fingerprint density at radius 1 is 0.225 bits per heavy atom. The van der Waals surface area contributed by atoms with Crippen molar-refractivity contribution in [3.05, 3.63) is 12.2 Å². The third-order valence-corrected chi connectivity index (χ3v) is 20.8. The lowest BCUT2D eigenvalue weighted by atomic mass is 10.0. The highest BCUT2D eigenvalue weighted by Crippen LogP contribution is 2.19. The molecule has 0 bridgehead atoms. The standard InChI is InChI=1S/C95H167NO24/c1-5-7-58-83(6-2)81-120-93(106)68-47-27-16-36-56-78-117-91(104)66-45-25-14-34-54-76-115-89(102)64-43-23-12-32-52-74-113-87(100)62-41-21-10-30-50-72-111-85(98)60-39-19-8-28-48-70-109-84(97)59-38-18-9-29-49-71-110-86(99)61-40-20-11-31-51-73-112-88(101)63-42-22-13-33-53-75-114-90(103)65-44-24-15-35-55-77-116-92(105)67-46-26-17-37-57-79-119-95(108)96-69-80-118-94(107)82(3)4/h83H,3,5-81H2,1-2,4H3,(H,96,108). The predicted molar refractivity (Wildman–Crippen MR) is 465 cm³/mol. The minimum absolute atomic E-state index is 0.0498. The molecular formula is C95H167NO24. The van der Waals surface area contributed by atoms with Crippen molar-refractivity contribution in [1.29, 1.82) is 0 Å². The number of nitrogens with one attached hydrogen (secondary N) is 1. The van der Waals surface area contributed by atoms with Gasteiger partial charge >= 0.3 is 71.8 Å². The third kappa shape index (κ3) is 86.1. The molecule has 0 rings (SSSR count). The van der Waals surface area contributed by atoms with E-state index >= 15 is 0 Å². The van der Waals surface area contributed by atoms with Crippen LogP contribution in [-0.4, -0.2) is 158 Å². The number of carbonyl (C=O) groups excluding carboxylic acids is 12. The Bertz CT molecular complexity index is 2570. The molecule has 0 aromatic carbocycles. The Morgan fingerprint density at radius 3 is 0.600 bits per heavy atom. The maximum Gasteiger partial charge on any atom is 0.407 e. The molecular weight excluding hydrogens is 1540 g/mol. The summed E-state index contributed by atoms with van der Waals surface area (Å²) in [4.78, 5) is 144. The molecule has 0 aliphatic carbocycles. The van der Waals surface area contributed by atoms with Crippen LogP contribution in [0.15, 0.2) is 12.2 Å². The first kappa shape index (κ1) is 113. The van der Waals surface area contributed by atoms with Crippen LogP contribution < -0.4 is 5.32 Å². The summed E-state index contributed by atoms with van der Waals surface area (Å²) < 4.78 is 64.1. The van der Waals surface area contributed by atoms with Gasteiger partial charge in [-0.15, -0.1) is 0 Å². The third-order valence-electron chi connectivity index (χ3n) is 20.8. The molecule has 25 nitrogen and oxygen atoms in total. The number of esters is 11. The average Bonchev–Trinajstić information content (AvgIpc) is 0.991. The molecule has 25 heteroatoms. The molecule has 0 saturated heterocycles.